The van der Waals surface area contributed by atoms with E-state index in [1.807, 2.05) is 17.4 Å². The van der Waals surface area contributed by atoms with Crippen molar-refractivity contribution in [3.63, 3.8) is 0 Å². The molecular formula is C22H34N6O2S. The molecule has 170 valence electrons. The van der Waals surface area contributed by atoms with Crippen LogP contribution in [0.3, 0.4) is 0 Å². The third kappa shape index (κ3) is 6.06. The average molecular weight is 447 g/mol. The fourth-order valence-electron chi connectivity index (χ4n) is 4.26. The highest BCUT2D eigenvalue weighted by molar-refractivity contribution is 7.10. The van der Waals surface area contributed by atoms with Crippen LogP contribution in [0.25, 0.3) is 0 Å². The van der Waals surface area contributed by atoms with Gasteiger partial charge in [-0.1, -0.05) is 11.2 Å². The van der Waals surface area contributed by atoms with Gasteiger partial charge in [-0.2, -0.15) is 0 Å². The average Bonchev–Trinajstić information content (AvgIpc) is 3.49. The Morgan fingerprint density at radius 3 is 2.84 bits per heavy atom. The molecule has 9 heteroatoms. The van der Waals surface area contributed by atoms with Crippen LogP contribution in [0.1, 0.15) is 30.5 Å². The monoisotopic (exact) mass is 446 g/mol. The number of aromatic nitrogens is 1. The fourth-order valence-corrected chi connectivity index (χ4v) is 5.11. The molecule has 0 aromatic carbocycles. The number of guanidine groups is 1. The van der Waals surface area contributed by atoms with Gasteiger partial charge in [0.15, 0.2) is 5.96 Å². The van der Waals surface area contributed by atoms with Crippen LogP contribution in [0.4, 0.5) is 0 Å². The highest BCUT2D eigenvalue weighted by Gasteiger charge is 2.27. The van der Waals surface area contributed by atoms with Crippen molar-refractivity contribution in [3.8, 4) is 0 Å². The van der Waals surface area contributed by atoms with Gasteiger partial charge in [0.05, 0.1) is 31.0 Å². The number of aliphatic imine (C=N–C) groups is 1. The van der Waals surface area contributed by atoms with Crippen LogP contribution in [0.2, 0.25) is 0 Å². The number of hydrogen-bond acceptors (Lipinski definition) is 7. The van der Waals surface area contributed by atoms with E-state index in [2.05, 4.69) is 56.5 Å². The summed E-state index contributed by atoms with van der Waals surface area (Å²) >= 11 is 1.82. The zero-order chi connectivity index (χ0) is 21.5. The van der Waals surface area contributed by atoms with Crippen molar-refractivity contribution < 1.29 is 9.26 Å². The minimum Gasteiger partial charge on any atom is -0.376 e. The lowest BCUT2D eigenvalue weighted by molar-refractivity contribution is -0.0327. The predicted molar refractivity (Wildman–Crippen MR) is 123 cm³/mol. The molecule has 2 saturated heterocycles. The van der Waals surface area contributed by atoms with Crippen molar-refractivity contribution in [3.05, 3.63) is 40.4 Å². The molecule has 2 aromatic rings. The van der Waals surface area contributed by atoms with E-state index in [9.17, 15) is 0 Å². The molecule has 8 nitrogen and oxygen atoms in total. The van der Waals surface area contributed by atoms with Crippen LogP contribution in [-0.2, 0) is 11.3 Å². The van der Waals surface area contributed by atoms with Crippen molar-refractivity contribution >= 4 is 17.3 Å². The van der Waals surface area contributed by atoms with Crippen LogP contribution in [0, 0.1) is 0 Å². The van der Waals surface area contributed by atoms with Gasteiger partial charge in [-0.25, -0.2) is 0 Å². The summed E-state index contributed by atoms with van der Waals surface area (Å²) in [5, 5.41) is 9.72. The van der Waals surface area contributed by atoms with Crippen molar-refractivity contribution in [2.45, 2.75) is 32.5 Å². The second-order valence-corrected chi connectivity index (χ2v) is 9.14. The minimum atomic E-state index is 0.270. The van der Waals surface area contributed by atoms with Gasteiger partial charge in [-0.15, -0.1) is 11.3 Å². The number of piperazine rings is 1. The highest BCUT2D eigenvalue weighted by atomic mass is 32.1. The first-order valence-corrected chi connectivity index (χ1v) is 12.1. The van der Waals surface area contributed by atoms with Crippen LogP contribution in [0.5, 0.6) is 0 Å². The Balaban J connectivity index is 1.40. The van der Waals surface area contributed by atoms with Crippen LogP contribution in [0.15, 0.2) is 39.4 Å². The SMILES string of the molecule is CCNC(=NCC(c1cccs1)N1CCOC(C)C1)N1CCN(Cc2ccon2)CC1. The van der Waals surface area contributed by atoms with Crippen LogP contribution < -0.4 is 5.32 Å². The number of nitrogens with one attached hydrogen (secondary N) is 1. The molecule has 2 unspecified atom stereocenters. The first-order chi connectivity index (χ1) is 15.2. The molecule has 2 aliphatic rings. The van der Waals surface area contributed by atoms with Gasteiger partial charge in [-0.3, -0.25) is 14.8 Å². The topological polar surface area (TPSA) is 69.4 Å². The van der Waals surface area contributed by atoms with Gasteiger partial charge < -0.3 is 19.5 Å². The molecule has 4 heterocycles. The number of morpholine rings is 1. The molecule has 1 N–H and O–H groups in total. The zero-order valence-corrected chi connectivity index (χ0v) is 19.4. The summed E-state index contributed by atoms with van der Waals surface area (Å²) < 4.78 is 10.7. The summed E-state index contributed by atoms with van der Waals surface area (Å²) in [6, 6.07) is 6.61. The van der Waals surface area contributed by atoms with E-state index in [4.69, 9.17) is 14.3 Å². The fraction of sp³-hybridized carbons (Fsp3) is 0.636. The normalized spacial score (nSPS) is 22.6. The summed E-state index contributed by atoms with van der Waals surface area (Å²) in [6.45, 7) is 13.4. The van der Waals surface area contributed by atoms with E-state index in [0.717, 1.165) is 77.2 Å². The Morgan fingerprint density at radius 1 is 1.29 bits per heavy atom. The van der Waals surface area contributed by atoms with Gasteiger partial charge in [-0.05, 0) is 25.3 Å². The highest BCUT2D eigenvalue weighted by Crippen LogP contribution is 2.27. The molecule has 31 heavy (non-hydrogen) atoms. The third-order valence-electron chi connectivity index (χ3n) is 5.88. The number of ether oxygens (including phenoxy) is 1. The summed E-state index contributed by atoms with van der Waals surface area (Å²) in [5.41, 5.74) is 0.993. The maximum Gasteiger partial charge on any atom is 0.194 e. The maximum atomic E-state index is 5.77. The second-order valence-electron chi connectivity index (χ2n) is 8.16. The molecule has 4 rings (SSSR count). The standard InChI is InChI=1S/C22H34N6O2S/c1-3-23-22(27-9-7-26(8-10-27)17-19-6-12-30-25-19)24-15-20(21-5-4-14-31-21)28-11-13-29-18(2)16-28/h4-6,12,14,18,20H,3,7-11,13,15-17H2,1-2H3,(H,23,24). The lowest BCUT2D eigenvalue weighted by atomic mass is 10.1. The molecule has 2 fully saturated rings. The first-order valence-electron chi connectivity index (χ1n) is 11.3. The van der Waals surface area contributed by atoms with Gasteiger partial charge >= 0.3 is 0 Å². The van der Waals surface area contributed by atoms with E-state index in [0.29, 0.717) is 6.04 Å². The molecule has 2 aromatic heterocycles. The molecule has 0 aliphatic carbocycles. The van der Waals surface area contributed by atoms with E-state index in [-0.39, 0.29) is 6.10 Å². The summed E-state index contributed by atoms with van der Waals surface area (Å²) in [5.74, 6) is 1.02. The number of rotatable bonds is 7. The molecule has 0 amide bonds. The van der Waals surface area contributed by atoms with Crippen LogP contribution >= 0.6 is 11.3 Å². The summed E-state index contributed by atoms with van der Waals surface area (Å²) in [6.07, 6.45) is 1.91. The van der Waals surface area contributed by atoms with Crippen molar-refractivity contribution in [2.75, 3.05) is 59.0 Å². The minimum absolute atomic E-state index is 0.270. The lowest BCUT2D eigenvalue weighted by Crippen LogP contribution is -2.52. The van der Waals surface area contributed by atoms with Gasteiger partial charge in [0.2, 0.25) is 0 Å². The van der Waals surface area contributed by atoms with E-state index >= 15 is 0 Å². The summed E-state index contributed by atoms with van der Waals surface area (Å²) in [7, 11) is 0. The van der Waals surface area contributed by atoms with Crippen molar-refractivity contribution in [1.82, 2.24) is 25.2 Å². The van der Waals surface area contributed by atoms with E-state index in [1.165, 1.54) is 4.88 Å². The molecular weight excluding hydrogens is 412 g/mol. The van der Waals surface area contributed by atoms with Gasteiger partial charge in [0.1, 0.15) is 6.26 Å². The number of hydrogen-bond donors (Lipinski definition) is 1. The first kappa shape index (κ1) is 22.3. The quantitative estimate of drug-likeness (QED) is 0.517. The van der Waals surface area contributed by atoms with E-state index < -0.39 is 0 Å². The third-order valence-corrected chi connectivity index (χ3v) is 6.86. The summed E-state index contributed by atoms with van der Waals surface area (Å²) in [4.78, 5) is 13.8. The Kier molecular flexibility index (Phi) is 7.96. The Labute approximate surface area is 188 Å². The molecule has 0 bridgehead atoms. The van der Waals surface area contributed by atoms with Gasteiger partial charge in [0, 0.05) is 63.3 Å². The number of thiophene rings is 1. The maximum absolute atomic E-state index is 5.77. The largest absolute Gasteiger partial charge is 0.376 e. The zero-order valence-electron chi connectivity index (χ0n) is 18.6. The molecule has 2 atom stereocenters. The molecule has 0 saturated carbocycles. The lowest BCUT2D eigenvalue weighted by Gasteiger charge is -2.38. The Bertz CT molecular complexity index is 789. The smallest absolute Gasteiger partial charge is 0.194 e. The Morgan fingerprint density at radius 2 is 2.16 bits per heavy atom. The van der Waals surface area contributed by atoms with Crippen molar-refractivity contribution in [1.29, 1.82) is 0 Å². The van der Waals surface area contributed by atoms with Crippen LogP contribution in [-0.4, -0.2) is 90.9 Å². The second kappa shape index (κ2) is 11.1. The molecule has 0 radical (unpaired) electrons. The predicted octanol–water partition coefficient (Wildman–Crippen LogP) is 2.28. The van der Waals surface area contributed by atoms with Gasteiger partial charge in [0.25, 0.3) is 0 Å². The van der Waals surface area contributed by atoms with E-state index in [1.54, 1.807) is 6.26 Å². The Hall–Kier alpha value is -1.94. The van der Waals surface area contributed by atoms with Crippen molar-refractivity contribution in [2.24, 2.45) is 4.99 Å². The number of nitrogens with zero attached hydrogens (tertiary/aromatic N) is 5. The molecule has 2 aliphatic heterocycles. The molecule has 0 spiro atoms.